The first kappa shape index (κ1) is 13.4. The SMILES string of the molecule is Cc1ccc(CN(C)c2ccc(N)c3ncccc23)cc1. The minimum Gasteiger partial charge on any atom is -0.397 e. The van der Waals surface area contributed by atoms with Crippen LogP contribution in [-0.4, -0.2) is 12.0 Å². The van der Waals surface area contributed by atoms with E-state index >= 15 is 0 Å². The lowest BCUT2D eigenvalue weighted by Gasteiger charge is -2.21. The molecule has 0 radical (unpaired) electrons. The van der Waals surface area contributed by atoms with Gasteiger partial charge < -0.3 is 10.6 Å². The zero-order valence-corrected chi connectivity index (χ0v) is 12.4. The maximum Gasteiger partial charge on any atom is 0.0951 e. The number of pyridine rings is 1. The fourth-order valence-corrected chi connectivity index (χ4v) is 2.56. The lowest BCUT2D eigenvalue weighted by Crippen LogP contribution is -2.16. The van der Waals surface area contributed by atoms with Gasteiger partial charge in [-0.15, -0.1) is 0 Å². The lowest BCUT2D eigenvalue weighted by atomic mass is 10.1. The largest absolute Gasteiger partial charge is 0.397 e. The average Bonchev–Trinajstić information content (AvgIpc) is 2.50. The topological polar surface area (TPSA) is 42.1 Å². The van der Waals surface area contributed by atoms with Gasteiger partial charge in [0.15, 0.2) is 0 Å². The minimum absolute atomic E-state index is 0.720. The highest BCUT2D eigenvalue weighted by Crippen LogP contribution is 2.29. The Labute approximate surface area is 125 Å². The van der Waals surface area contributed by atoms with Gasteiger partial charge in [-0.25, -0.2) is 0 Å². The summed E-state index contributed by atoms with van der Waals surface area (Å²) in [4.78, 5) is 6.62. The molecule has 3 nitrogen and oxygen atoms in total. The van der Waals surface area contributed by atoms with Crippen LogP contribution in [0.1, 0.15) is 11.1 Å². The summed E-state index contributed by atoms with van der Waals surface area (Å²) in [5.74, 6) is 0. The molecule has 0 saturated carbocycles. The summed E-state index contributed by atoms with van der Waals surface area (Å²) in [6.07, 6.45) is 1.78. The molecular formula is C18H19N3. The third-order valence-electron chi connectivity index (χ3n) is 3.73. The smallest absolute Gasteiger partial charge is 0.0951 e. The van der Waals surface area contributed by atoms with Crippen molar-refractivity contribution in [1.29, 1.82) is 0 Å². The number of benzene rings is 2. The molecule has 0 saturated heterocycles. The second-order valence-corrected chi connectivity index (χ2v) is 5.42. The lowest BCUT2D eigenvalue weighted by molar-refractivity contribution is 0.927. The number of aryl methyl sites for hydroxylation is 1. The molecule has 0 aliphatic rings. The van der Waals surface area contributed by atoms with Gasteiger partial charge in [0, 0.05) is 30.9 Å². The fraction of sp³-hybridized carbons (Fsp3) is 0.167. The van der Waals surface area contributed by atoms with Crippen LogP contribution in [0, 0.1) is 6.92 Å². The van der Waals surface area contributed by atoms with Crippen LogP contribution < -0.4 is 10.6 Å². The van der Waals surface area contributed by atoms with E-state index in [1.54, 1.807) is 6.20 Å². The van der Waals surface area contributed by atoms with Crippen LogP contribution in [0.5, 0.6) is 0 Å². The number of aromatic nitrogens is 1. The van der Waals surface area contributed by atoms with E-state index in [1.165, 1.54) is 11.1 Å². The van der Waals surface area contributed by atoms with Crippen LogP contribution in [0.3, 0.4) is 0 Å². The first-order valence-corrected chi connectivity index (χ1v) is 7.05. The number of nitrogen functional groups attached to an aromatic ring is 1. The van der Waals surface area contributed by atoms with E-state index in [9.17, 15) is 0 Å². The summed E-state index contributed by atoms with van der Waals surface area (Å²) in [5, 5.41) is 1.09. The number of fused-ring (bicyclic) bond motifs is 1. The maximum absolute atomic E-state index is 6.01. The van der Waals surface area contributed by atoms with E-state index in [0.29, 0.717) is 0 Å². The van der Waals surface area contributed by atoms with Gasteiger partial charge in [0.05, 0.1) is 11.2 Å². The van der Waals surface area contributed by atoms with Crippen molar-refractivity contribution >= 4 is 22.3 Å². The monoisotopic (exact) mass is 277 g/mol. The number of nitrogens with zero attached hydrogens (tertiary/aromatic N) is 2. The van der Waals surface area contributed by atoms with Crippen LogP contribution in [0.2, 0.25) is 0 Å². The van der Waals surface area contributed by atoms with Crippen LogP contribution >= 0.6 is 0 Å². The molecule has 21 heavy (non-hydrogen) atoms. The van der Waals surface area contributed by atoms with Gasteiger partial charge in [0.2, 0.25) is 0 Å². The van der Waals surface area contributed by atoms with Gasteiger partial charge in [0.25, 0.3) is 0 Å². The number of rotatable bonds is 3. The maximum atomic E-state index is 6.01. The second kappa shape index (κ2) is 5.44. The number of hydrogen-bond acceptors (Lipinski definition) is 3. The normalized spacial score (nSPS) is 10.8. The van der Waals surface area contributed by atoms with Crippen molar-refractivity contribution in [3.8, 4) is 0 Å². The molecule has 0 bridgehead atoms. The molecule has 0 aliphatic carbocycles. The molecule has 0 atom stereocenters. The van der Waals surface area contributed by atoms with E-state index in [-0.39, 0.29) is 0 Å². The molecular weight excluding hydrogens is 258 g/mol. The molecule has 0 fully saturated rings. The van der Waals surface area contributed by atoms with Crippen LogP contribution in [0.15, 0.2) is 54.7 Å². The molecule has 2 aromatic carbocycles. The standard InChI is InChI=1S/C18H19N3/c1-13-5-7-14(8-6-13)12-21(2)17-10-9-16(19)18-15(17)4-3-11-20-18/h3-11H,12,19H2,1-2H3. The summed E-state index contributed by atoms with van der Waals surface area (Å²) in [6.45, 7) is 2.96. The highest BCUT2D eigenvalue weighted by Gasteiger charge is 2.09. The van der Waals surface area contributed by atoms with Crippen LogP contribution in [-0.2, 0) is 6.54 Å². The Balaban J connectivity index is 1.96. The zero-order chi connectivity index (χ0) is 14.8. The van der Waals surface area contributed by atoms with E-state index in [4.69, 9.17) is 5.73 Å². The minimum atomic E-state index is 0.720. The second-order valence-electron chi connectivity index (χ2n) is 5.42. The van der Waals surface area contributed by atoms with Gasteiger partial charge in [-0.05, 0) is 36.8 Å². The molecule has 1 heterocycles. The average molecular weight is 277 g/mol. The Morgan fingerprint density at radius 1 is 1.05 bits per heavy atom. The zero-order valence-electron chi connectivity index (χ0n) is 12.4. The Bertz CT molecular complexity index is 763. The van der Waals surface area contributed by atoms with Gasteiger partial charge >= 0.3 is 0 Å². The highest BCUT2D eigenvalue weighted by molar-refractivity contribution is 5.98. The molecule has 0 aliphatic heterocycles. The van der Waals surface area contributed by atoms with Gasteiger partial charge in [0.1, 0.15) is 0 Å². The third-order valence-corrected chi connectivity index (χ3v) is 3.73. The predicted molar refractivity (Wildman–Crippen MR) is 89.4 cm³/mol. The Hall–Kier alpha value is -2.55. The molecule has 3 aromatic rings. The van der Waals surface area contributed by atoms with Crippen molar-refractivity contribution < 1.29 is 0 Å². The van der Waals surface area contributed by atoms with Gasteiger partial charge in [-0.1, -0.05) is 29.8 Å². The van der Waals surface area contributed by atoms with Crippen LogP contribution in [0.4, 0.5) is 11.4 Å². The van der Waals surface area contributed by atoms with E-state index in [0.717, 1.165) is 28.8 Å². The molecule has 3 heteroatoms. The van der Waals surface area contributed by atoms with Crippen molar-refractivity contribution in [1.82, 2.24) is 4.98 Å². The summed E-state index contributed by atoms with van der Waals surface area (Å²) < 4.78 is 0. The summed E-state index contributed by atoms with van der Waals surface area (Å²) in [7, 11) is 2.10. The fourth-order valence-electron chi connectivity index (χ4n) is 2.56. The van der Waals surface area contributed by atoms with Crippen molar-refractivity contribution in [2.45, 2.75) is 13.5 Å². The first-order chi connectivity index (χ1) is 10.1. The van der Waals surface area contributed by atoms with Crippen LogP contribution in [0.25, 0.3) is 10.9 Å². The quantitative estimate of drug-likeness (QED) is 0.741. The number of anilines is 2. The van der Waals surface area contributed by atoms with Crippen molar-refractivity contribution in [3.05, 3.63) is 65.9 Å². The van der Waals surface area contributed by atoms with Crippen molar-refractivity contribution in [2.24, 2.45) is 0 Å². The predicted octanol–water partition coefficient (Wildman–Crippen LogP) is 3.76. The van der Waals surface area contributed by atoms with Crippen molar-refractivity contribution in [3.63, 3.8) is 0 Å². The van der Waals surface area contributed by atoms with Gasteiger partial charge in [-0.3, -0.25) is 4.98 Å². The highest BCUT2D eigenvalue weighted by atomic mass is 15.1. The summed E-state index contributed by atoms with van der Waals surface area (Å²) >= 11 is 0. The van der Waals surface area contributed by atoms with E-state index in [2.05, 4.69) is 60.3 Å². The number of hydrogen-bond donors (Lipinski definition) is 1. The summed E-state index contributed by atoms with van der Waals surface area (Å²) in [5.41, 5.74) is 11.3. The third kappa shape index (κ3) is 2.68. The molecule has 2 N–H and O–H groups in total. The molecule has 106 valence electrons. The van der Waals surface area contributed by atoms with E-state index in [1.807, 2.05) is 12.1 Å². The van der Waals surface area contributed by atoms with Gasteiger partial charge in [-0.2, -0.15) is 0 Å². The number of nitrogens with two attached hydrogens (primary N) is 1. The molecule has 0 amide bonds. The van der Waals surface area contributed by atoms with Crippen molar-refractivity contribution in [2.75, 3.05) is 17.7 Å². The molecule has 1 aromatic heterocycles. The van der Waals surface area contributed by atoms with E-state index < -0.39 is 0 Å². The Morgan fingerprint density at radius 3 is 2.57 bits per heavy atom. The molecule has 3 rings (SSSR count). The molecule has 0 spiro atoms. The Kier molecular flexibility index (Phi) is 3.48. The molecule has 0 unspecified atom stereocenters. The Morgan fingerprint density at radius 2 is 1.81 bits per heavy atom. The summed E-state index contributed by atoms with van der Waals surface area (Å²) in [6, 6.07) is 16.6. The first-order valence-electron chi connectivity index (χ1n) is 7.05.